The number of hydrogen-bond acceptors (Lipinski definition) is 26. The molecule has 141 heavy (non-hydrogen) atoms. The Balaban J connectivity index is 0.000000216. The van der Waals surface area contributed by atoms with E-state index in [2.05, 4.69) is 84.3 Å². The minimum absolute atomic E-state index is 0. The van der Waals surface area contributed by atoms with E-state index in [-0.39, 0.29) is 99.9 Å². The first kappa shape index (κ1) is 101. The summed E-state index contributed by atoms with van der Waals surface area (Å²) in [6.45, 7) is 20.7. The Labute approximate surface area is 845 Å². The Morgan fingerprint density at radius 3 is 1.44 bits per heavy atom. The van der Waals surface area contributed by atoms with E-state index >= 15 is 0 Å². The molecular weight excluding hydrogens is 1960 g/mol. The number of amides is 3. The molecule has 0 bridgehead atoms. The van der Waals surface area contributed by atoms with Crippen LogP contribution in [0.3, 0.4) is 0 Å². The first-order valence-electron chi connectivity index (χ1n) is 45.4. The van der Waals surface area contributed by atoms with Crippen molar-refractivity contribution in [2.45, 2.75) is 104 Å². The second-order valence-electron chi connectivity index (χ2n) is 34.3. The summed E-state index contributed by atoms with van der Waals surface area (Å²) in [6, 6.07) is 56.1. The van der Waals surface area contributed by atoms with Gasteiger partial charge in [-0.25, -0.2) is 67.4 Å². The van der Waals surface area contributed by atoms with Crippen molar-refractivity contribution in [2.24, 2.45) is 0 Å². The average molecular weight is 2080 g/mol. The molecule has 5 atom stereocenters. The van der Waals surface area contributed by atoms with Crippen LogP contribution in [0, 0.1) is 23.0 Å². The Morgan fingerprint density at radius 1 is 0.482 bits per heavy atom. The summed E-state index contributed by atoms with van der Waals surface area (Å²) >= 11 is 14.4. The topological polar surface area (TPSA) is 376 Å². The van der Waals surface area contributed by atoms with E-state index in [4.69, 9.17) is 23.2 Å². The standard InChI is InChI=1S/C26H28ClFN6O3S.C25H26ClN5O3S2.C25H26FN5O3S2.C22H22N6O2S.7H2/c1-18(34-10-2-3-19-15-20(28)4-9-23(19)34)26(35)33-13-11-32(12-14-33)21-5-7-22(8-6-21)38(36,37)31-25-17-29-16-24(27)30-25;2*1-17-16-29(21-5-7-22(8-6-21)36(33,34)28-25-27-10-14-35-25)12-13-30(17)24(32)18(2)31-11-9-19-3-4-20(26)15-23(19)31;23-15-18-3-1-2-4-19(18)16-27-11-13-28(14-12-27)20-5-7-21(8-6-20)31(29,30)26-22-9-10-24-17-25-22;;;;;;;/h4-9,15-18H,2-3,10-14H2,1H3,(H,30,31);2*3-11,14-15,17-18H,12-13,16H2,1-2H3,(H,27,28);1-10,17H,11-14,16H2,(H,24,25,26);7*1H/t18-;17-,18-;;;;;;;;;/m10........./s1. The third kappa shape index (κ3) is 24.2. The van der Waals surface area contributed by atoms with Crippen LogP contribution in [0.15, 0.2) is 274 Å². The van der Waals surface area contributed by atoms with E-state index in [1.807, 2.05) is 138 Å². The van der Waals surface area contributed by atoms with Crippen molar-refractivity contribution in [2.75, 3.05) is 142 Å². The molecule has 6 aromatic heterocycles. The molecule has 43 heteroatoms. The molecule has 5 aliphatic heterocycles. The van der Waals surface area contributed by atoms with Crippen molar-refractivity contribution in [3.05, 3.63) is 293 Å². The number of sulfonamides is 4. The number of nitrogens with zero attached hydrogens (tertiary/aromatic N) is 18. The fraction of sp³-hybridized carbons (Fsp3) is 0.286. The lowest BCUT2D eigenvalue weighted by atomic mass is 9.99. The zero-order chi connectivity index (χ0) is 99.4. The second kappa shape index (κ2) is 44.2. The molecule has 2 unspecified atom stereocenters. The number of nitriles is 1. The normalized spacial score (nSPS) is 16.6. The predicted molar refractivity (Wildman–Crippen MR) is 561 cm³/mol. The van der Waals surface area contributed by atoms with Crippen molar-refractivity contribution >= 4 is 176 Å². The molecule has 4 fully saturated rings. The Bertz CT molecular complexity index is 7110. The van der Waals surface area contributed by atoms with Crippen LogP contribution in [-0.2, 0) is 67.4 Å². The number of nitrogens with one attached hydrogen (secondary N) is 4. The van der Waals surface area contributed by atoms with Crippen molar-refractivity contribution < 1.29 is 66.8 Å². The van der Waals surface area contributed by atoms with Crippen molar-refractivity contribution in [3.63, 3.8) is 0 Å². The summed E-state index contributed by atoms with van der Waals surface area (Å²) in [7, 11) is -15.0. The van der Waals surface area contributed by atoms with Gasteiger partial charge in [-0.05, 0) is 239 Å². The molecule has 4 N–H and O–H groups in total. The number of aromatic nitrogens is 8. The minimum Gasteiger partial charge on any atom is -0.369 e. The van der Waals surface area contributed by atoms with Gasteiger partial charge in [-0.3, -0.25) is 43.2 Å². The first-order valence-corrected chi connectivity index (χ1v) is 53.9. The van der Waals surface area contributed by atoms with Gasteiger partial charge in [0.15, 0.2) is 16.1 Å². The van der Waals surface area contributed by atoms with Crippen LogP contribution in [0.2, 0.25) is 10.2 Å². The number of aryl methyl sites for hydroxylation is 1. The summed E-state index contributed by atoms with van der Waals surface area (Å²) in [5.41, 5.74) is 8.95. The van der Waals surface area contributed by atoms with Gasteiger partial charge in [-0.1, -0.05) is 47.5 Å². The number of carbonyl (C=O) groups is 3. The van der Waals surface area contributed by atoms with Crippen LogP contribution in [0.25, 0.3) is 21.8 Å². The highest BCUT2D eigenvalue weighted by molar-refractivity contribution is 7.93. The molecule has 14 aromatic rings. The molecule has 5 aliphatic rings. The molecule has 11 heterocycles. The number of hydrogen-bond donors (Lipinski definition) is 4. The number of benzene rings is 8. The van der Waals surface area contributed by atoms with E-state index in [9.17, 15) is 62.1 Å². The summed E-state index contributed by atoms with van der Waals surface area (Å²) in [4.78, 5) is 82.9. The Hall–Kier alpha value is -13.4. The Kier molecular flexibility index (Phi) is 31.5. The van der Waals surface area contributed by atoms with Gasteiger partial charge in [0.25, 0.3) is 40.1 Å². The number of anilines is 9. The molecule has 33 nitrogen and oxygen atoms in total. The van der Waals surface area contributed by atoms with Gasteiger partial charge in [0.1, 0.15) is 47.1 Å². The summed E-state index contributed by atoms with van der Waals surface area (Å²) in [6.07, 6.45) is 13.9. The summed E-state index contributed by atoms with van der Waals surface area (Å²) in [5.74, 6) is -0.212. The number of rotatable bonds is 24. The molecule has 8 aromatic carbocycles. The van der Waals surface area contributed by atoms with Crippen molar-refractivity contribution in [1.82, 2.24) is 58.6 Å². The van der Waals surface area contributed by atoms with E-state index in [0.717, 1.165) is 114 Å². The monoisotopic (exact) mass is 2080 g/mol. The van der Waals surface area contributed by atoms with Crippen LogP contribution >= 0.6 is 45.9 Å². The van der Waals surface area contributed by atoms with E-state index < -0.39 is 46.1 Å². The Morgan fingerprint density at radius 2 is 0.950 bits per heavy atom. The van der Waals surface area contributed by atoms with Gasteiger partial charge in [-0.2, -0.15) is 5.26 Å². The summed E-state index contributed by atoms with van der Waals surface area (Å²) in [5, 5.41) is 16.0. The van der Waals surface area contributed by atoms with Gasteiger partial charge >= 0.3 is 0 Å². The predicted octanol–water partition coefficient (Wildman–Crippen LogP) is 16.9. The van der Waals surface area contributed by atoms with Gasteiger partial charge in [-0.15, -0.1) is 22.7 Å². The average Bonchev–Trinajstić information content (AvgIpc) is 1.76. The van der Waals surface area contributed by atoms with Crippen LogP contribution in [0.5, 0.6) is 0 Å². The van der Waals surface area contributed by atoms with Gasteiger partial charge in [0, 0.05) is 202 Å². The van der Waals surface area contributed by atoms with Gasteiger partial charge in [0.2, 0.25) is 17.7 Å². The van der Waals surface area contributed by atoms with Crippen molar-refractivity contribution in [3.8, 4) is 6.07 Å². The SMILES string of the molecule is CC1CN(c2ccc(S(=O)(=O)Nc3nccs3)cc2)CCN1C(=O)C(C)n1ccc2ccc(F)cc21.C[C@H](C(=O)N1CCN(c2ccc(S(=O)(=O)Nc3cncc(Cl)n3)cc2)CC1)N1CCCc2cc(F)ccc21.C[C@H]1CN(c2ccc(S(=O)(=O)Nc3nccs3)cc2)CCN1C(=O)[C@H](C)n1ccc2ccc(Cl)cc21.N#Cc1ccccc1CN1CCN(c2ccc(S(=O)(=O)Nc3ccncn3)cc2)CC1.[HH].[HH].[HH].[HH].[HH].[HH].[HH]. The summed E-state index contributed by atoms with van der Waals surface area (Å²) < 4.78 is 142. The molecule has 748 valence electrons. The molecule has 0 saturated carbocycles. The second-order valence-corrected chi connectivity index (χ2v) is 43.7. The lowest BCUT2D eigenvalue weighted by Crippen LogP contribution is -2.55. The molecule has 4 saturated heterocycles. The van der Waals surface area contributed by atoms with Gasteiger partial charge in [0.05, 0.1) is 54.6 Å². The minimum atomic E-state index is -3.85. The highest BCUT2D eigenvalue weighted by Crippen LogP contribution is 2.35. The molecule has 0 aliphatic carbocycles. The number of thiazole rings is 2. The maximum Gasteiger partial charge on any atom is 0.263 e. The zero-order valence-corrected chi connectivity index (χ0v) is 83.8. The molecule has 0 radical (unpaired) electrons. The lowest BCUT2D eigenvalue weighted by molar-refractivity contribution is -0.137. The zero-order valence-electron chi connectivity index (χ0n) is 77.4. The van der Waals surface area contributed by atoms with Gasteiger partial charge < -0.3 is 48.3 Å². The lowest BCUT2D eigenvalue weighted by Gasteiger charge is -2.42. The van der Waals surface area contributed by atoms with Crippen LogP contribution in [0.4, 0.5) is 59.1 Å². The number of carbonyl (C=O) groups excluding carboxylic acids is 3. The van der Waals surface area contributed by atoms with E-state index in [1.165, 1.54) is 84.0 Å². The molecular formula is C98H116Cl2F2N22O11S6. The van der Waals surface area contributed by atoms with E-state index in [1.54, 1.807) is 114 Å². The maximum atomic E-state index is 13.8. The van der Waals surface area contributed by atoms with Crippen LogP contribution in [0.1, 0.15) is 79.8 Å². The molecule has 3 amide bonds. The first-order chi connectivity index (χ1) is 67.7. The molecule has 19 rings (SSSR count). The van der Waals surface area contributed by atoms with Crippen molar-refractivity contribution in [1.29, 1.82) is 5.26 Å². The number of fused-ring (bicyclic) bond motifs is 3. The highest BCUT2D eigenvalue weighted by Gasteiger charge is 2.37. The highest BCUT2D eigenvalue weighted by atomic mass is 35.5. The third-order valence-corrected chi connectivity index (χ3v) is 32.8. The fourth-order valence-corrected chi connectivity index (χ4v) is 23.7. The van der Waals surface area contributed by atoms with E-state index in [0.29, 0.717) is 86.3 Å². The maximum absolute atomic E-state index is 13.8. The number of piperazine rings is 4. The number of halogens is 4. The van der Waals surface area contributed by atoms with Crippen LogP contribution < -0.4 is 43.4 Å². The fourth-order valence-electron chi connectivity index (χ4n) is 17.8. The quantitative estimate of drug-likeness (QED) is 0.0436. The third-order valence-electron chi connectivity index (χ3n) is 25.3. The van der Waals surface area contributed by atoms with Crippen LogP contribution in [-0.4, -0.2) is 226 Å². The molecule has 0 spiro atoms. The smallest absolute Gasteiger partial charge is 0.263 e. The largest absolute Gasteiger partial charge is 0.369 e.